The van der Waals surface area contributed by atoms with Gasteiger partial charge >= 0.3 is 5.97 Å². The molecule has 0 unspecified atom stereocenters. The van der Waals surface area contributed by atoms with Crippen molar-refractivity contribution in [2.45, 2.75) is 70.4 Å². The molecule has 0 radical (unpaired) electrons. The van der Waals surface area contributed by atoms with E-state index in [0.29, 0.717) is 11.8 Å². The molecule has 3 nitrogen and oxygen atoms in total. The van der Waals surface area contributed by atoms with E-state index in [2.05, 4.69) is 0 Å². The molecule has 19 heavy (non-hydrogen) atoms. The number of hydrogen-bond donors (Lipinski definition) is 1. The largest absolute Gasteiger partial charge is 0.462 e. The van der Waals surface area contributed by atoms with Gasteiger partial charge in [-0.25, -0.2) is 0 Å². The molecule has 1 N–H and O–H groups in total. The predicted molar refractivity (Wildman–Crippen MR) is 74.0 cm³/mol. The van der Waals surface area contributed by atoms with E-state index in [1.807, 2.05) is 4.90 Å². The van der Waals surface area contributed by atoms with Crippen LogP contribution in [-0.4, -0.2) is 31.2 Å². The summed E-state index contributed by atoms with van der Waals surface area (Å²) in [5.74, 6) is 1.23. The SMILES string of the molecule is CC(=O)O[C@@H]1[C@H]2CCC[C@@H]1[C@H]([NH+]1CCCCC1)CC2. The van der Waals surface area contributed by atoms with Crippen LogP contribution >= 0.6 is 0 Å². The van der Waals surface area contributed by atoms with Gasteiger partial charge in [0.15, 0.2) is 0 Å². The summed E-state index contributed by atoms with van der Waals surface area (Å²) >= 11 is 0. The monoisotopic (exact) mass is 266 g/mol. The Labute approximate surface area is 116 Å². The van der Waals surface area contributed by atoms with Crippen LogP contribution in [0.25, 0.3) is 0 Å². The van der Waals surface area contributed by atoms with Gasteiger partial charge < -0.3 is 9.64 Å². The van der Waals surface area contributed by atoms with Crippen LogP contribution in [-0.2, 0) is 9.53 Å². The molecule has 1 saturated heterocycles. The summed E-state index contributed by atoms with van der Waals surface area (Å²) in [5.41, 5.74) is 0. The topological polar surface area (TPSA) is 30.7 Å². The van der Waals surface area contributed by atoms with E-state index in [4.69, 9.17) is 4.74 Å². The molecule has 3 aliphatic rings. The number of esters is 1. The average molecular weight is 266 g/mol. The lowest BCUT2D eigenvalue weighted by molar-refractivity contribution is -0.936. The Morgan fingerprint density at radius 2 is 1.79 bits per heavy atom. The standard InChI is InChI=1S/C16H27NO2/c1-12(18)19-16-13-6-5-7-14(16)15(9-8-13)17-10-3-2-4-11-17/h13-16H,2-11H2,1H3/p+1/t13-,14+,15+,16+/m0/s1. The van der Waals surface area contributed by atoms with Gasteiger partial charge in [-0.1, -0.05) is 6.42 Å². The second-order valence-corrected chi connectivity index (χ2v) is 6.83. The number of hydrogen-bond acceptors (Lipinski definition) is 2. The Morgan fingerprint density at radius 1 is 1.00 bits per heavy atom. The lowest BCUT2D eigenvalue weighted by Crippen LogP contribution is -3.17. The highest BCUT2D eigenvalue weighted by Crippen LogP contribution is 2.41. The minimum Gasteiger partial charge on any atom is -0.462 e. The fraction of sp³-hybridized carbons (Fsp3) is 0.938. The van der Waals surface area contributed by atoms with Crippen LogP contribution in [0.1, 0.15) is 58.3 Å². The zero-order valence-corrected chi connectivity index (χ0v) is 12.2. The molecule has 0 spiro atoms. The lowest BCUT2D eigenvalue weighted by Gasteiger charge is -2.48. The minimum absolute atomic E-state index is 0.0730. The van der Waals surface area contributed by atoms with E-state index in [1.54, 1.807) is 6.92 Å². The van der Waals surface area contributed by atoms with E-state index in [9.17, 15) is 4.79 Å². The van der Waals surface area contributed by atoms with Crippen molar-refractivity contribution in [2.24, 2.45) is 11.8 Å². The van der Waals surface area contributed by atoms with Crippen molar-refractivity contribution >= 4 is 5.97 Å². The zero-order valence-electron chi connectivity index (χ0n) is 12.2. The van der Waals surface area contributed by atoms with E-state index < -0.39 is 0 Å². The molecule has 0 aromatic rings. The number of piperidine rings is 1. The highest BCUT2D eigenvalue weighted by atomic mass is 16.5. The smallest absolute Gasteiger partial charge is 0.302 e. The molecule has 2 aliphatic carbocycles. The number of nitrogens with one attached hydrogen (secondary N) is 1. The van der Waals surface area contributed by atoms with Crippen molar-refractivity contribution in [1.82, 2.24) is 0 Å². The fourth-order valence-electron chi connectivity index (χ4n) is 4.90. The van der Waals surface area contributed by atoms with Crippen LogP contribution in [0.5, 0.6) is 0 Å². The maximum Gasteiger partial charge on any atom is 0.302 e. The number of carbonyl (C=O) groups is 1. The van der Waals surface area contributed by atoms with Crippen molar-refractivity contribution in [3.63, 3.8) is 0 Å². The molecule has 3 fully saturated rings. The Hall–Kier alpha value is -0.570. The van der Waals surface area contributed by atoms with Gasteiger partial charge in [-0.2, -0.15) is 0 Å². The summed E-state index contributed by atoms with van der Waals surface area (Å²) in [5, 5.41) is 0. The molecule has 0 aromatic carbocycles. The summed E-state index contributed by atoms with van der Waals surface area (Å²) in [7, 11) is 0. The summed E-state index contributed by atoms with van der Waals surface area (Å²) in [6, 6.07) is 0.765. The first-order valence-corrected chi connectivity index (χ1v) is 8.27. The van der Waals surface area contributed by atoms with Gasteiger partial charge in [-0.05, 0) is 44.4 Å². The molecular formula is C16H28NO2+. The molecule has 2 saturated carbocycles. The van der Waals surface area contributed by atoms with E-state index in [0.717, 1.165) is 6.04 Å². The number of ether oxygens (including phenoxy) is 1. The third-order valence-corrected chi connectivity index (χ3v) is 5.69. The van der Waals surface area contributed by atoms with Gasteiger partial charge in [0, 0.05) is 19.3 Å². The maximum absolute atomic E-state index is 11.4. The summed E-state index contributed by atoms with van der Waals surface area (Å²) < 4.78 is 5.73. The molecule has 0 amide bonds. The molecule has 4 atom stereocenters. The van der Waals surface area contributed by atoms with E-state index in [1.165, 1.54) is 64.5 Å². The number of likely N-dealkylation sites (tertiary alicyclic amines) is 1. The second kappa shape index (κ2) is 5.82. The normalized spacial score (nSPS) is 39.8. The predicted octanol–water partition coefficient (Wildman–Crippen LogP) is 1.57. The van der Waals surface area contributed by atoms with Crippen LogP contribution in [0, 0.1) is 11.8 Å². The van der Waals surface area contributed by atoms with Crippen molar-refractivity contribution in [3.05, 3.63) is 0 Å². The second-order valence-electron chi connectivity index (χ2n) is 6.83. The van der Waals surface area contributed by atoms with Crippen molar-refractivity contribution < 1.29 is 14.4 Å². The van der Waals surface area contributed by atoms with E-state index in [-0.39, 0.29) is 12.1 Å². The van der Waals surface area contributed by atoms with Gasteiger partial charge in [0.25, 0.3) is 0 Å². The Balaban J connectivity index is 1.72. The first-order chi connectivity index (χ1) is 9.25. The number of quaternary nitrogens is 1. The third-order valence-electron chi connectivity index (χ3n) is 5.69. The molecule has 3 heteroatoms. The molecular weight excluding hydrogens is 238 g/mol. The Morgan fingerprint density at radius 3 is 2.53 bits per heavy atom. The molecule has 1 heterocycles. The molecule has 1 aliphatic heterocycles. The van der Waals surface area contributed by atoms with Crippen molar-refractivity contribution in [2.75, 3.05) is 13.1 Å². The maximum atomic E-state index is 11.4. The van der Waals surface area contributed by atoms with Gasteiger partial charge in [0.2, 0.25) is 0 Å². The number of fused-ring (bicyclic) bond motifs is 2. The third kappa shape index (κ3) is 2.81. The first kappa shape index (κ1) is 13.4. The number of rotatable bonds is 2. The van der Waals surface area contributed by atoms with Gasteiger partial charge in [-0.15, -0.1) is 0 Å². The molecule has 108 valence electrons. The van der Waals surface area contributed by atoms with Crippen LogP contribution in [0.4, 0.5) is 0 Å². The fourth-order valence-corrected chi connectivity index (χ4v) is 4.90. The van der Waals surface area contributed by atoms with Gasteiger partial charge in [0.1, 0.15) is 6.10 Å². The lowest BCUT2D eigenvalue weighted by atomic mass is 9.67. The van der Waals surface area contributed by atoms with Crippen LogP contribution < -0.4 is 4.90 Å². The molecule has 2 bridgehead atoms. The summed E-state index contributed by atoms with van der Waals surface area (Å²) in [4.78, 5) is 13.2. The Kier molecular flexibility index (Phi) is 4.11. The minimum atomic E-state index is -0.0730. The summed E-state index contributed by atoms with van der Waals surface area (Å²) in [6.07, 6.45) is 11.0. The van der Waals surface area contributed by atoms with Crippen molar-refractivity contribution in [1.29, 1.82) is 0 Å². The Bertz CT molecular complexity index is 325. The molecule has 3 rings (SSSR count). The van der Waals surface area contributed by atoms with Crippen molar-refractivity contribution in [3.8, 4) is 0 Å². The van der Waals surface area contributed by atoms with Crippen LogP contribution in [0.2, 0.25) is 0 Å². The van der Waals surface area contributed by atoms with Crippen LogP contribution in [0.3, 0.4) is 0 Å². The van der Waals surface area contributed by atoms with Gasteiger partial charge in [-0.3, -0.25) is 4.79 Å². The zero-order chi connectivity index (χ0) is 13.2. The quantitative estimate of drug-likeness (QED) is 0.769. The highest BCUT2D eigenvalue weighted by molar-refractivity contribution is 5.66. The average Bonchev–Trinajstić information content (AvgIpc) is 2.39. The number of carbonyl (C=O) groups excluding carboxylic acids is 1. The van der Waals surface area contributed by atoms with Crippen LogP contribution in [0.15, 0.2) is 0 Å². The van der Waals surface area contributed by atoms with E-state index >= 15 is 0 Å². The summed E-state index contributed by atoms with van der Waals surface area (Å²) in [6.45, 7) is 4.27. The highest BCUT2D eigenvalue weighted by Gasteiger charge is 2.47. The molecule has 0 aromatic heterocycles. The van der Waals surface area contributed by atoms with Gasteiger partial charge in [0.05, 0.1) is 19.1 Å². The first-order valence-electron chi connectivity index (χ1n) is 8.27.